The van der Waals surface area contributed by atoms with Gasteiger partial charge in [0, 0.05) is 32.2 Å². The third-order valence-corrected chi connectivity index (χ3v) is 5.07. The van der Waals surface area contributed by atoms with E-state index in [4.69, 9.17) is 5.73 Å². The molecule has 0 amide bonds. The minimum atomic E-state index is 0. The smallest absolute Gasteiger partial charge is 0.191 e. The fourth-order valence-electron chi connectivity index (χ4n) is 3.29. The highest BCUT2D eigenvalue weighted by Gasteiger charge is 2.28. The highest BCUT2D eigenvalue weighted by Crippen LogP contribution is 2.25. The van der Waals surface area contributed by atoms with Gasteiger partial charge in [-0.15, -0.1) is 24.0 Å². The SMILES string of the molecule is CCC(CN=C(N)N(C)C1CC1)N1CCc2ccccc2C1.I. The summed E-state index contributed by atoms with van der Waals surface area (Å²) in [5.74, 6) is 0.707. The number of aliphatic imine (C=N–C) groups is 1. The zero-order chi connectivity index (χ0) is 15.5. The first kappa shape index (κ1) is 18.5. The first-order valence-electron chi connectivity index (χ1n) is 8.52. The zero-order valence-electron chi connectivity index (χ0n) is 14.2. The van der Waals surface area contributed by atoms with Crippen LogP contribution in [0.1, 0.15) is 37.3 Å². The van der Waals surface area contributed by atoms with Crippen LogP contribution in [0.25, 0.3) is 0 Å². The van der Waals surface area contributed by atoms with Crippen molar-refractivity contribution in [3.8, 4) is 0 Å². The predicted molar refractivity (Wildman–Crippen MR) is 107 cm³/mol. The summed E-state index contributed by atoms with van der Waals surface area (Å²) in [6, 6.07) is 9.92. The molecule has 2 N–H and O–H groups in total. The summed E-state index contributed by atoms with van der Waals surface area (Å²) in [6.45, 7) is 5.23. The second kappa shape index (κ2) is 8.33. The molecule has 128 valence electrons. The van der Waals surface area contributed by atoms with Crippen molar-refractivity contribution in [2.45, 2.75) is 51.2 Å². The molecule has 0 radical (unpaired) electrons. The summed E-state index contributed by atoms with van der Waals surface area (Å²) < 4.78 is 0. The van der Waals surface area contributed by atoms with Crippen LogP contribution in [0, 0.1) is 0 Å². The number of fused-ring (bicyclic) bond motifs is 1. The van der Waals surface area contributed by atoms with E-state index in [9.17, 15) is 0 Å². The maximum atomic E-state index is 6.12. The molecule has 5 heteroatoms. The first-order chi connectivity index (χ1) is 10.7. The van der Waals surface area contributed by atoms with E-state index in [0.717, 1.165) is 32.5 Å². The topological polar surface area (TPSA) is 44.9 Å². The Balaban J connectivity index is 0.00000192. The van der Waals surface area contributed by atoms with Crippen molar-refractivity contribution in [1.29, 1.82) is 0 Å². The van der Waals surface area contributed by atoms with Crippen molar-refractivity contribution in [3.05, 3.63) is 35.4 Å². The molecule has 1 unspecified atom stereocenters. The van der Waals surface area contributed by atoms with Crippen molar-refractivity contribution in [3.63, 3.8) is 0 Å². The third-order valence-electron chi connectivity index (χ3n) is 5.07. The van der Waals surface area contributed by atoms with Gasteiger partial charge in [-0.3, -0.25) is 9.89 Å². The molecule has 0 bridgehead atoms. The molecule has 1 aromatic rings. The van der Waals surface area contributed by atoms with Crippen molar-refractivity contribution < 1.29 is 0 Å². The second-order valence-corrected chi connectivity index (χ2v) is 6.59. The Hall–Kier alpha value is -0.820. The molecule has 0 saturated heterocycles. The monoisotopic (exact) mass is 428 g/mol. The summed E-state index contributed by atoms with van der Waals surface area (Å²) in [5.41, 5.74) is 9.10. The van der Waals surface area contributed by atoms with Gasteiger partial charge in [-0.1, -0.05) is 31.2 Å². The molecule has 3 rings (SSSR count). The first-order valence-corrected chi connectivity index (χ1v) is 8.52. The summed E-state index contributed by atoms with van der Waals surface area (Å²) in [6.07, 6.45) is 4.78. The van der Waals surface area contributed by atoms with Crippen molar-refractivity contribution in [2.75, 3.05) is 20.1 Å². The third kappa shape index (κ3) is 4.59. The van der Waals surface area contributed by atoms with Crippen LogP contribution in [0.5, 0.6) is 0 Å². The highest BCUT2D eigenvalue weighted by atomic mass is 127. The average Bonchev–Trinajstić information content (AvgIpc) is 3.39. The summed E-state index contributed by atoms with van der Waals surface area (Å²) in [5, 5.41) is 0. The van der Waals surface area contributed by atoms with E-state index in [0.29, 0.717) is 18.0 Å². The van der Waals surface area contributed by atoms with E-state index >= 15 is 0 Å². The molecule has 1 heterocycles. The summed E-state index contributed by atoms with van der Waals surface area (Å²) in [4.78, 5) is 9.37. The van der Waals surface area contributed by atoms with E-state index in [1.165, 1.54) is 24.0 Å². The highest BCUT2D eigenvalue weighted by molar-refractivity contribution is 14.0. The van der Waals surface area contributed by atoms with Crippen molar-refractivity contribution >= 4 is 29.9 Å². The minimum Gasteiger partial charge on any atom is -0.370 e. The number of nitrogens with zero attached hydrogens (tertiary/aromatic N) is 3. The van der Waals surface area contributed by atoms with Crippen molar-refractivity contribution in [2.24, 2.45) is 10.7 Å². The van der Waals surface area contributed by atoms with Crippen LogP contribution in [-0.2, 0) is 13.0 Å². The molecule has 1 aromatic carbocycles. The van der Waals surface area contributed by atoms with Gasteiger partial charge < -0.3 is 10.6 Å². The second-order valence-electron chi connectivity index (χ2n) is 6.59. The lowest BCUT2D eigenvalue weighted by atomic mass is 9.98. The lowest BCUT2D eigenvalue weighted by Crippen LogP contribution is -2.42. The van der Waals surface area contributed by atoms with Gasteiger partial charge in [-0.25, -0.2) is 0 Å². The van der Waals surface area contributed by atoms with E-state index in [1.54, 1.807) is 0 Å². The maximum absolute atomic E-state index is 6.12. The van der Waals surface area contributed by atoms with Gasteiger partial charge >= 0.3 is 0 Å². The Labute approximate surface area is 157 Å². The van der Waals surface area contributed by atoms with Gasteiger partial charge in [0.1, 0.15) is 0 Å². The molecule has 4 nitrogen and oxygen atoms in total. The standard InChI is InChI=1S/C18H28N4.HI/c1-3-16(12-20-18(19)21(2)17-8-9-17)22-11-10-14-6-4-5-7-15(14)13-22;/h4-7,16-17H,3,8-13H2,1-2H3,(H2,19,20);1H. The summed E-state index contributed by atoms with van der Waals surface area (Å²) in [7, 11) is 2.06. The lowest BCUT2D eigenvalue weighted by molar-refractivity contribution is 0.178. The van der Waals surface area contributed by atoms with Crippen LogP contribution in [0.2, 0.25) is 0 Å². The fourth-order valence-corrected chi connectivity index (χ4v) is 3.29. The molecular formula is C18H29IN4. The number of guanidine groups is 1. The van der Waals surface area contributed by atoms with Crippen LogP contribution in [-0.4, -0.2) is 48.0 Å². The molecule has 0 spiro atoms. The Morgan fingerprint density at radius 1 is 1.35 bits per heavy atom. The van der Waals surface area contributed by atoms with Crippen LogP contribution in [0.4, 0.5) is 0 Å². The van der Waals surface area contributed by atoms with Gasteiger partial charge in [0.05, 0.1) is 6.54 Å². The molecule has 1 atom stereocenters. The van der Waals surface area contributed by atoms with Gasteiger partial charge in [0.15, 0.2) is 5.96 Å². The molecule has 23 heavy (non-hydrogen) atoms. The van der Waals surface area contributed by atoms with Crippen LogP contribution in [0.3, 0.4) is 0 Å². The molecular weight excluding hydrogens is 399 g/mol. The molecule has 0 aromatic heterocycles. The number of hydrogen-bond acceptors (Lipinski definition) is 2. The quantitative estimate of drug-likeness (QED) is 0.446. The molecule has 1 fully saturated rings. The zero-order valence-corrected chi connectivity index (χ0v) is 16.6. The number of hydrogen-bond donors (Lipinski definition) is 1. The normalized spacial score (nSPS) is 19.7. The fraction of sp³-hybridized carbons (Fsp3) is 0.611. The van der Waals surface area contributed by atoms with Crippen LogP contribution >= 0.6 is 24.0 Å². The van der Waals surface area contributed by atoms with Crippen LogP contribution < -0.4 is 5.73 Å². The maximum Gasteiger partial charge on any atom is 0.191 e. The Kier molecular flexibility index (Phi) is 6.71. The lowest BCUT2D eigenvalue weighted by Gasteiger charge is -2.34. The van der Waals surface area contributed by atoms with Gasteiger partial charge in [0.2, 0.25) is 0 Å². The number of halogens is 1. The van der Waals surface area contributed by atoms with Crippen molar-refractivity contribution in [1.82, 2.24) is 9.80 Å². The minimum absolute atomic E-state index is 0. The van der Waals surface area contributed by atoms with E-state index < -0.39 is 0 Å². The Morgan fingerprint density at radius 2 is 2.04 bits per heavy atom. The molecule has 2 aliphatic rings. The number of nitrogens with two attached hydrogens (primary N) is 1. The van der Waals surface area contributed by atoms with E-state index in [-0.39, 0.29) is 24.0 Å². The Morgan fingerprint density at radius 3 is 2.70 bits per heavy atom. The summed E-state index contributed by atoms with van der Waals surface area (Å²) >= 11 is 0. The van der Waals surface area contributed by atoms with Gasteiger partial charge in [-0.05, 0) is 36.8 Å². The molecule has 1 saturated carbocycles. The number of rotatable bonds is 5. The predicted octanol–water partition coefficient (Wildman–Crippen LogP) is 2.85. The van der Waals surface area contributed by atoms with Gasteiger partial charge in [-0.2, -0.15) is 0 Å². The molecule has 1 aliphatic heterocycles. The number of benzene rings is 1. The molecule has 1 aliphatic carbocycles. The van der Waals surface area contributed by atoms with E-state index in [2.05, 4.69) is 53.0 Å². The largest absolute Gasteiger partial charge is 0.370 e. The van der Waals surface area contributed by atoms with E-state index in [1.807, 2.05) is 0 Å². The Bertz CT molecular complexity index is 542. The van der Waals surface area contributed by atoms with Gasteiger partial charge in [0.25, 0.3) is 0 Å². The van der Waals surface area contributed by atoms with Crippen LogP contribution in [0.15, 0.2) is 29.3 Å². The average molecular weight is 428 g/mol.